The van der Waals surface area contributed by atoms with Crippen LogP contribution in [-0.4, -0.2) is 26.5 Å². The SMILES string of the molecule is Cc1c(C(=O)O)sc2ncn(CC(=O)Nc3cc(Cl)cc(Cl)c3)c(=O)c12. The molecule has 1 amide bonds. The van der Waals surface area contributed by atoms with Crippen molar-refractivity contribution in [2.24, 2.45) is 0 Å². The second-order valence-electron chi connectivity index (χ2n) is 5.43. The number of carboxylic acid groups (broad SMARTS) is 1. The molecule has 0 aliphatic rings. The predicted octanol–water partition coefficient (Wildman–Crippen LogP) is 3.41. The van der Waals surface area contributed by atoms with Gasteiger partial charge in [-0.1, -0.05) is 23.2 Å². The number of nitrogens with zero attached hydrogens (tertiary/aromatic N) is 2. The van der Waals surface area contributed by atoms with Gasteiger partial charge in [0.25, 0.3) is 5.56 Å². The molecule has 0 saturated heterocycles. The summed E-state index contributed by atoms with van der Waals surface area (Å²) in [4.78, 5) is 40.5. The van der Waals surface area contributed by atoms with E-state index < -0.39 is 17.4 Å². The second kappa shape index (κ2) is 7.06. The Hall–Kier alpha value is -2.42. The molecular weight excluding hydrogens is 401 g/mol. The lowest BCUT2D eigenvalue weighted by Crippen LogP contribution is -2.27. The second-order valence-corrected chi connectivity index (χ2v) is 7.30. The summed E-state index contributed by atoms with van der Waals surface area (Å²) in [7, 11) is 0. The number of carbonyl (C=O) groups is 2. The molecule has 2 N–H and O–H groups in total. The zero-order valence-electron chi connectivity index (χ0n) is 13.2. The fourth-order valence-corrected chi connectivity index (χ4v) is 3.96. The molecule has 0 fully saturated rings. The lowest BCUT2D eigenvalue weighted by atomic mass is 10.2. The summed E-state index contributed by atoms with van der Waals surface area (Å²) in [6.45, 7) is 1.26. The number of carboxylic acids is 1. The highest BCUT2D eigenvalue weighted by Gasteiger charge is 2.19. The minimum Gasteiger partial charge on any atom is -0.477 e. The van der Waals surface area contributed by atoms with Crippen LogP contribution in [0.1, 0.15) is 15.2 Å². The van der Waals surface area contributed by atoms with Crippen LogP contribution in [0.4, 0.5) is 5.69 Å². The molecule has 1 aromatic carbocycles. The topological polar surface area (TPSA) is 101 Å². The van der Waals surface area contributed by atoms with Gasteiger partial charge in [0.05, 0.1) is 11.7 Å². The molecule has 2 heterocycles. The molecule has 3 aromatic rings. The summed E-state index contributed by atoms with van der Waals surface area (Å²) in [5, 5.41) is 12.7. The number of carbonyl (C=O) groups excluding carboxylic acids is 1. The number of aromatic nitrogens is 2. The van der Waals surface area contributed by atoms with Gasteiger partial charge in [0.15, 0.2) is 0 Å². The number of anilines is 1. The molecule has 0 unspecified atom stereocenters. The Morgan fingerprint density at radius 2 is 1.92 bits per heavy atom. The minimum atomic E-state index is -1.12. The van der Waals surface area contributed by atoms with Gasteiger partial charge in [0.1, 0.15) is 16.3 Å². The number of hydrogen-bond acceptors (Lipinski definition) is 5. The molecule has 7 nitrogen and oxygen atoms in total. The van der Waals surface area contributed by atoms with E-state index in [4.69, 9.17) is 28.3 Å². The first kappa shape index (κ1) is 18.4. The fourth-order valence-electron chi connectivity index (χ4n) is 2.46. The van der Waals surface area contributed by atoms with E-state index in [0.29, 0.717) is 26.1 Å². The number of aromatic carboxylic acids is 1. The highest BCUT2D eigenvalue weighted by Crippen LogP contribution is 2.26. The van der Waals surface area contributed by atoms with Gasteiger partial charge in [-0.05, 0) is 30.7 Å². The van der Waals surface area contributed by atoms with Crippen molar-refractivity contribution in [1.82, 2.24) is 9.55 Å². The molecule has 0 bridgehead atoms. The standard InChI is InChI=1S/C16H11Cl2N3O4S/c1-7-12-14(26-13(7)16(24)25)19-6-21(15(12)23)5-11(22)20-10-3-8(17)2-9(18)4-10/h2-4,6H,5H2,1H3,(H,20,22)(H,24,25). The van der Waals surface area contributed by atoms with Gasteiger partial charge in [0.2, 0.25) is 5.91 Å². The molecule has 0 aliphatic heterocycles. The molecule has 0 atom stereocenters. The highest BCUT2D eigenvalue weighted by molar-refractivity contribution is 7.20. The number of thiophene rings is 1. The lowest BCUT2D eigenvalue weighted by Gasteiger charge is -2.08. The van der Waals surface area contributed by atoms with Gasteiger partial charge in [-0.15, -0.1) is 11.3 Å². The van der Waals surface area contributed by atoms with Gasteiger partial charge in [-0.25, -0.2) is 9.78 Å². The molecule has 0 saturated carbocycles. The maximum absolute atomic E-state index is 12.6. The lowest BCUT2D eigenvalue weighted by molar-refractivity contribution is -0.116. The highest BCUT2D eigenvalue weighted by atomic mass is 35.5. The summed E-state index contributed by atoms with van der Waals surface area (Å²) in [6, 6.07) is 4.58. The first-order chi connectivity index (χ1) is 12.3. The summed E-state index contributed by atoms with van der Waals surface area (Å²) in [5.41, 5.74) is 0.261. The van der Waals surface area contributed by atoms with E-state index in [2.05, 4.69) is 10.3 Å². The van der Waals surface area contributed by atoms with Gasteiger partial charge in [-0.2, -0.15) is 0 Å². The molecule has 0 spiro atoms. The Labute approximate surface area is 160 Å². The summed E-state index contributed by atoms with van der Waals surface area (Å²) < 4.78 is 1.12. The van der Waals surface area contributed by atoms with Crippen molar-refractivity contribution in [3.8, 4) is 0 Å². The van der Waals surface area contributed by atoms with Gasteiger partial charge < -0.3 is 10.4 Å². The van der Waals surface area contributed by atoms with Gasteiger partial charge >= 0.3 is 5.97 Å². The van der Waals surface area contributed by atoms with Crippen LogP contribution in [0, 0.1) is 6.92 Å². The number of hydrogen-bond donors (Lipinski definition) is 2. The van der Waals surface area contributed by atoms with Crippen molar-refractivity contribution in [3.63, 3.8) is 0 Å². The molecule has 0 aliphatic carbocycles. The van der Waals surface area contributed by atoms with Gasteiger partial charge in [0, 0.05) is 15.7 Å². The normalized spacial score (nSPS) is 10.9. The van der Waals surface area contributed by atoms with Crippen molar-refractivity contribution in [1.29, 1.82) is 0 Å². The predicted molar refractivity (Wildman–Crippen MR) is 101 cm³/mol. The molecule has 0 radical (unpaired) electrons. The molecule has 3 rings (SSSR count). The van der Waals surface area contributed by atoms with Crippen LogP contribution in [0.2, 0.25) is 10.0 Å². The van der Waals surface area contributed by atoms with E-state index >= 15 is 0 Å². The zero-order valence-corrected chi connectivity index (χ0v) is 15.6. The number of halogens is 2. The van der Waals surface area contributed by atoms with Crippen molar-refractivity contribution in [2.75, 3.05) is 5.32 Å². The third-order valence-corrected chi connectivity index (χ3v) is 5.20. The molecule has 26 heavy (non-hydrogen) atoms. The number of fused-ring (bicyclic) bond motifs is 1. The average molecular weight is 412 g/mol. The van der Waals surface area contributed by atoms with E-state index in [1.165, 1.54) is 24.5 Å². The first-order valence-electron chi connectivity index (χ1n) is 7.24. The summed E-state index contributed by atoms with van der Waals surface area (Å²) in [5.74, 6) is -1.59. The number of nitrogens with one attached hydrogen (secondary N) is 1. The summed E-state index contributed by atoms with van der Waals surface area (Å²) >= 11 is 12.7. The smallest absolute Gasteiger partial charge is 0.346 e. The minimum absolute atomic E-state index is 0.0559. The van der Waals surface area contributed by atoms with Gasteiger partial charge in [-0.3, -0.25) is 14.2 Å². The first-order valence-corrected chi connectivity index (χ1v) is 8.81. The molecule has 2 aromatic heterocycles. The Balaban J connectivity index is 1.90. The molecule has 10 heteroatoms. The monoisotopic (exact) mass is 411 g/mol. The number of benzene rings is 1. The Morgan fingerprint density at radius 1 is 1.27 bits per heavy atom. The van der Waals surface area contributed by atoms with Crippen molar-refractivity contribution in [2.45, 2.75) is 13.5 Å². The van der Waals surface area contributed by atoms with E-state index in [1.54, 1.807) is 6.92 Å². The van der Waals surface area contributed by atoms with E-state index in [0.717, 1.165) is 15.9 Å². The quantitative estimate of drug-likeness (QED) is 0.684. The van der Waals surface area contributed by atoms with Crippen molar-refractivity contribution >= 4 is 62.3 Å². The maximum atomic E-state index is 12.6. The van der Waals surface area contributed by atoms with E-state index in [9.17, 15) is 14.4 Å². The van der Waals surface area contributed by atoms with Crippen LogP contribution in [0.3, 0.4) is 0 Å². The Morgan fingerprint density at radius 3 is 2.54 bits per heavy atom. The van der Waals surface area contributed by atoms with Crippen molar-refractivity contribution in [3.05, 3.63) is 55.4 Å². The summed E-state index contributed by atoms with van der Waals surface area (Å²) in [6.07, 6.45) is 1.22. The number of aryl methyl sites for hydroxylation is 1. The van der Waals surface area contributed by atoms with E-state index in [1.807, 2.05) is 0 Å². The Kier molecular flexibility index (Phi) is 4.99. The van der Waals surface area contributed by atoms with Crippen molar-refractivity contribution < 1.29 is 14.7 Å². The van der Waals surface area contributed by atoms with Crippen LogP contribution < -0.4 is 10.9 Å². The van der Waals surface area contributed by atoms with Crippen LogP contribution >= 0.6 is 34.5 Å². The fraction of sp³-hybridized carbons (Fsp3) is 0.125. The van der Waals surface area contributed by atoms with Crippen LogP contribution in [0.5, 0.6) is 0 Å². The van der Waals surface area contributed by atoms with Crippen LogP contribution in [0.25, 0.3) is 10.2 Å². The third-order valence-electron chi connectivity index (χ3n) is 3.57. The largest absolute Gasteiger partial charge is 0.477 e. The number of amides is 1. The maximum Gasteiger partial charge on any atom is 0.346 e. The third kappa shape index (κ3) is 3.57. The zero-order chi connectivity index (χ0) is 19.0. The average Bonchev–Trinajstić information content (AvgIpc) is 2.87. The number of rotatable bonds is 4. The van der Waals surface area contributed by atoms with E-state index in [-0.39, 0.29) is 16.8 Å². The molecular formula is C16H11Cl2N3O4S. The Bertz CT molecular complexity index is 1090. The molecule has 134 valence electrons. The van der Waals surface area contributed by atoms with Crippen LogP contribution in [-0.2, 0) is 11.3 Å². The van der Waals surface area contributed by atoms with Crippen LogP contribution in [0.15, 0.2) is 29.3 Å².